The number of rotatable bonds is 8. The van der Waals surface area contributed by atoms with Crippen molar-refractivity contribution in [1.82, 2.24) is 0 Å². The zero-order chi connectivity index (χ0) is 21.0. The van der Waals surface area contributed by atoms with E-state index in [0.29, 0.717) is 21.2 Å². The van der Waals surface area contributed by atoms with Gasteiger partial charge < -0.3 is 19.9 Å². The molecular formula is C20H17Cl2NO5S. The molecule has 0 fully saturated rings. The van der Waals surface area contributed by atoms with Crippen molar-refractivity contribution in [3.05, 3.63) is 56.9 Å². The molecule has 0 aliphatic rings. The first-order valence-corrected chi connectivity index (χ1v) is 10.2. The number of esters is 1. The Hall–Kier alpha value is -2.48. The van der Waals surface area contributed by atoms with Gasteiger partial charge in [-0.25, -0.2) is 4.79 Å². The summed E-state index contributed by atoms with van der Waals surface area (Å²) in [5.74, 6) is -0.321. The summed E-state index contributed by atoms with van der Waals surface area (Å²) >= 11 is 13.2. The lowest BCUT2D eigenvalue weighted by Crippen LogP contribution is -2.16. The summed E-state index contributed by atoms with van der Waals surface area (Å²) in [6.45, 7) is 1.88. The number of fused-ring (bicyclic) bond motifs is 1. The van der Waals surface area contributed by atoms with Gasteiger partial charge in [-0.1, -0.05) is 29.3 Å². The Labute approximate surface area is 181 Å². The van der Waals surface area contributed by atoms with Crippen molar-refractivity contribution >= 4 is 56.5 Å². The number of carbonyl (C=O) groups excluding carboxylic acids is 2. The van der Waals surface area contributed by atoms with E-state index in [1.54, 1.807) is 43.3 Å². The normalized spacial score (nSPS) is 10.7. The lowest BCUT2D eigenvalue weighted by atomic mass is 10.2. The number of benzene rings is 2. The third kappa shape index (κ3) is 5.12. The third-order valence-electron chi connectivity index (χ3n) is 3.89. The maximum Gasteiger partial charge on any atom is 0.344 e. The largest absolute Gasteiger partial charge is 0.489 e. The minimum Gasteiger partial charge on any atom is -0.489 e. The molecule has 6 nitrogen and oxygen atoms in total. The van der Waals surface area contributed by atoms with Crippen molar-refractivity contribution in [2.75, 3.05) is 13.2 Å². The van der Waals surface area contributed by atoms with Gasteiger partial charge in [0, 0.05) is 25.7 Å². The summed E-state index contributed by atoms with van der Waals surface area (Å²) in [5.41, 5.74) is 6.25. The summed E-state index contributed by atoms with van der Waals surface area (Å²) < 4.78 is 16.9. The van der Waals surface area contributed by atoms with Gasteiger partial charge in [0.05, 0.1) is 6.61 Å². The van der Waals surface area contributed by atoms with Crippen molar-refractivity contribution in [3.8, 4) is 11.5 Å². The second-order valence-corrected chi connectivity index (χ2v) is 7.80. The van der Waals surface area contributed by atoms with E-state index in [4.69, 9.17) is 43.1 Å². The van der Waals surface area contributed by atoms with Gasteiger partial charge in [0.2, 0.25) is 0 Å². The molecule has 0 atom stereocenters. The van der Waals surface area contributed by atoms with Crippen LogP contribution in [0.1, 0.15) is 22.2 Å². The molecule has 29 heavy (non-hydrogen) atoms. The topological polar surface area (TPSA) is 87.9 Å². The predicted molar refractivity (Wildman–Crippen MR) is 113 cm³/mol. The molecule has 0 radical (unpaired) electrons. The highest BCUT2D eigenvalue weighted by Crippen LogP contribution is 2.39. The number of nitrogens with two attached hydrogens (primary N) is 1. The monoisotopic (exact) mass is 453 g/mol. The molecule has 9 heteroatoms. The van der Waals surface area contributed by atoms with Gasteiger partial charge in [-0.05, 0) is 37.3 Å². The summed E-state index contributed by atoms with van der Waals surface area (Å²) in [6.07, 6.45) is 0. The Bertz CT molecular complexity index is 1070. The van der Waals surface area contributed by atoms with Gasteiger partial charge in [0.1, 0.15) is 17.2 Å². The fourth-order valence-corrected chi connectivity index (χ4v) is 4.07. The average molecular weight is 454 g/mol. The first-order chi connectivity index (χ1) is 13.9. The fourth-order valence-electron chi connectivity index (χ4n) is 2.58. The molecule has 1 aromatic heterocycles. The number of hydrogen-bond acceptors (Lipinski definition) is 6. The van der Waals surface area contributed by atoms with Gasteiger partial charge in [-0.15, -0.1) is 11.3 Å². The van der Waals surface area contributed by atoms with Crippen LogP contribution in [0.5, 0.6) is 11.5 Å². The number of thiophene rings is 1. The van der Waals surface area contributed by atoms with E-state index in [2.05, 4.69) is 0 Å². The molecule has 0 unspecified atom stereocenters. The van der Waals surface area contributed by atoms with Crippen molar-refractivity contribution in [3.63, 3.8) is 0 Å². The van der Waals surface area contributed by atoms with Crippen LogP contribution in [0.3, 0.4) is 0 Å². The van der Waals surface area contributed by atoms with Gasteiger partial charge in [-0.3, -0.25) is 4.79 Å². The smallest absolute Gasteiger partial charge is 0.344 e. The molecule has 2 N–H and O–H groups in total. The molecule has 1 amide bonds. The molecular weight excluding hydrogens is 437 g/mol. The fraction of sp³-hybridized carbons (Fsp3) is 0.200. The predicted octanol–water partition coefficient (Wildman–Crippen LogP) is 4.83. The number of halogens is 2. The van der Waals surface area contributed by atoms with Crippen molar-refractivity contribution < 1.29 is 23.8 Å². The van der Waals surface area contributed by atoms with Crippen LogP contribution in [-0.4, -0.2) is 25.1 Å². The van der Waals surface area contributed by atoms with E-state index in [1.165, 1.54) is 0 Å². The summed E-state index contributed by atoms with van der Waals surface area (Å²) in [7, 11) is 0. The third-order valence-corrected chi connectivity index (χ3v) is 5.62. The highest BCUT2D eigenvalue weighted by molar-refractivity contribution is 7.21. The molecule has 3 rings (SSSR count). The molecule has 3 aromatic rings. The summed E-state index contributed by atoms with van der Waals surface area (Å²) in [6, 6.07) is 10.4. The number of ether oxygens (including phenoxy) is 3. The first-order valence-electron chi connectivity index (χ1n) is 8.60. The standard InChI is InChI=1S/C20H17Cl2NO5S/c1-2-26-17(24)10-28-18-14-6-5-13(8-16(14)29-19(18)20(23)25)27-9-11-3-4-12(21)7-15(11)22/h3-8H,2,9-10H2,1H3,(H2,23,25). The molecule has 0 aliphatic heterocycles. The van der Waals surface area contributed by atoms with Crippen molar-refractivity contribution in [2.24, 2.45) is 5.73 Å². The van der Waals surface area contributed by atoms with Crippen LogP contribution in [0.2, 0.25) is 10.0 Å². The number of carbonyl (C=O) groups is 2. The van der Waals surface area contributed by atoms with Gasteiger partial charge in [-0.2, -0.15) is 0 Å². The minimum atomic E-state index is -0.638. The Morgan fingerprint density at radius 3 is 2.59 bits per heavy atom. The lowest BCUT2D eigenvalue weighted by molar-refractivity contribution is -0.145. The quantitative estimate of drug-likeness (QED) is 0.493. The van der Waals surface area contributed by atoms with E-state index in [1.807, 2.05) is 0 Å². The second kappa shape index (κ2) is 9.35. The van der Waals surface area contributed by atoms with Crippen LogP contribution >= 0.6 is 34.5 Å². The van der Waals surface area contributed by atoms with Gasteiger partial charge in [0.25, 0.3) is 5.91 Å². The Balaban J connectivity index is 1.82. The lowest BCUT2D eigenvalue weighted by Gasteiger charge is -2.09. The van der Waals surface area contributed by atoms with Crippen LogP contribution in [0.4, 0.5) is 0 Å². The molecule has 0 saturated heterocycles. The summed E-state index contributed by atoms with van der Waals surface area (Å²) in [5, 5.41) is 1.72. The van der Waals surface area contributed by atoms with Crippen molar-refractivity contribution in [2.45, 2.75) is 13.5 Å². The zero-order valence-electron chi connectivity index (χ0n) is 15.4. The van der Waals surface area contributed by atoms with E-state index in [-0.39, 0.29) is 30.4 Å². The van der Waals surface area contributed by atoms with E-state index < -0.39 is 11.9 Å². The number of hydrogen-bond donors (Lipinski definition) is 1. The average Bonchev–Trinajstić information content (AvgIpc) is 3.04. The summed E-state index contributed by atoms with van der Waals surface area (Å²) in [4.78, 5) is 23.6. The zero-order valence-corrected chi connectivity index (χ0v) is 17.7. The molecule has 0 spiro atoms. The van der Waals surface area contributed by atoms with E-state index in [0.717, 1.165) is 21.6 Å². The van der Waals surface area contributed by atoms with E-state index in [9.17, 15) is 9.59 Å². The number of amides is 1. The molecule has 1 heterocycles. The maximum absolute atomic E-state index is 11.8. The Kier molecular flexibility index (Phi) is 6.84. The Morgan fingerprint density at radius 2 is 1.90 bits per heavy atom. The van der Waals surface area contributed by atoms with Gasteiger partial charge >= 0.3 is 5.97 Å². The molecule has 0 saturated carbocycles. The van der Waals surface area contributed by atoms with E-state index >= 15 is 0 Å². The molecule has 0 bridgehead atoms. The minimum absolute atomic E-state index is 0.224. The number of primary amides is 1. The SMILES string of the molecule is CCOC(=O)COc1c(C(N)=O)sc2cc(OCc3ccc(Cl)cc3Cl)ccc12. The van der Waals surface area contributed by atoms with Gasteiger partial charge in [0.15, 0.2) is 12.4 Å². The first kappa shape index (κ1) is 21.2. The van der Waals surface area contributed by atoms with Crippen molar-refractivity contribution in [1.29, 1.82) is 0 Å². The highest BCUT2D eigenvalue weighted by atomic mass is 35.5. The molecule has 2 aromatic carbocycles. The maximum atomic E-state index is 11.8. The van der Waals surface area contributed by atoms with Crippen LogP contribution in [0, 0.1) is 0 Å². The van der Waals surface area contributed by atoms with Crippen LogP contribution in [0.15, 0.2) is 36.4 Å². The van der Waals surface area contributed by atoms with Crippen LogP contribution in [-0.2, 0) is 16.1 Å². The van der Waals surface area contributed by atoms with Crippen LogP contribution in [0.25, 0.3) is 10.1 Å². The highest BCUT2D eigenvalue weighted by Gasteiger charge is 2.19. The van der Waals surface area contributed by atoms with Crippen LogP contribution < -0.4 is 15.2 Å². The molecule has 0 aliphatic carbocycles. The second-order valence-electron chi connectivity index (χ2n) is 5.90. The molecule has 152 valence electrons. The Morgan fingerprint density at radius 1 is 1.10 bits per heavy atom.